The largest absolute Gasteiger partial charge is 0.297 e. The van der Waals surface area contributed by atoms with Crippen LogP contribution in [0.1, 0.15) is 19.4 Å². The van der Waals surface area contributed by atoms with Gasteiger partial charge in [-0.1, -0.05) is 13.8 Å². The van der Waals surface area contributed by atoms with Crippen molar-refractivity contribution >= 4 is 5.78 Å². The predicted octanol–water partition coefficient (Wildman–Crippen LogP) is 1.42. The number of rotatable bonds is 3. The SMILES string of the molecule is Cc1cnn(CC(=O)C(C)C)c1. The Balaban J connectivity index is 2.58. The van der Waals surface area contributed by atoms with Crippen LogP contribution in [0, 0.1) is 12.8 Å². The maximum Gasteiger partial charge on any atom is 0.156 e. The second kappa shape index (κ2) is 3.52. The van der Waals surface area contributed by atoms with Gasteiger partial charge in [-0.3, -0.25) is 9.48 Å². The number of carbonyl (C=O) groups excluding carboxylic acids is 1. The number of carbonyl (C=O) groups is 1. The van der Waals surface area contributed by atoms with Crippen LogP contribution in [0.3, 0.4) is 0 Å². The fourth-order valence-electron chi connectivity index (χ4n) is 0.896. The van der Waals surface area contributed by atoms with E-state index in [-0.39, 0.29) is 11.7 Å². The van der Waals surface area contributed by atoms with Crippen molar-refractivity contribution in [3.05, 3.63) is 18.0 Å². The van der Waals surface area contributed by atoms with Gasteiger partial charge in [-0.05, 0) is 12.5 Å². The minimum atomic E-state index is 0.0921. The number of hydrogen-bond acceptors (Lipinski definition) is 2. The zero-order chi connectivity index (χ0) is 9.14. The average molecular weight is 166 g/mol. The number of hydrogen-bond donors (Lipinski definition) is 0. The van der Waals surface area contributed by atoms with Crippen molar-refractivity contribution in [2.75, 3.05) is 0 Å². The van der Waals surface area contributed by atoms with Gasteiger partial charge >= 0.3 is 0 Å². The molecule has 0 N–H and O–H groups in total. The standard InChI is InChI=1S/C9H14N2O/c1-7(2)9(12)6-11-5-8(3)4-10-11/h4-5,7H,6H2,1-3H3. The maximum atomic E-state index is 11.3. The highest BCUT2D eigenvalue weighted by Gasteiger charge is 2.07. The highest BCUT2D eigenvalue weighted by Crippen LogP contribution is 1.99. The Morgan fingerprint density at radius 1 is 1.67 bits per heavy atom. The first-order valence-corrected chi connectivity index (χ1v) is 4.11. The average Bonchev–Trinajstić information content (AvgIpc) is 2.35. The van der Waals surface area contributed by atoms with Gasteiger partial charge in [-0.15, -0.1) is 0 Å². The Bertz CT molecular complexity index is 276. The van der Waals surface area contributed by atoms with E-state index in [0.717, 1.165) is 5.56 Å². The van der Waals surface area contributed by atoms with Gasteiger partial charge in [0.1, 0.15) is 0 Å². The molecule has 3 heteroatoms. The second-order valence-corrected chi connectivity index (χ2v) is 3.34. The minimum Gasteiger partial charge on any atom is -0.297 e. The maximum absolute atomic E-state index is 11.3. The smallest absolute Gasteiger partial charge is 0.156 e. The molecule has 0 bridgehead atoms. The molecule has 0 aliphatic rings. The van der Waals surface area contributed by atoms with Gasteiger partial charge < -0.3 is 0 Å². The molecule has 3 nitrogen and oxygen atoms in total. The van der Waals surface area contributed by atoms with E-state index < -0.39 is 0 Å². The molecule has 0 aliphatic heterocycles. The molecule has 1 rings (SSSR count). The van der Waals surface area contributed by atoms with E-state index in [0.29, 0.717) is 6.54 Å². The number of aromatic nitrogens is 2. The lowest BCUT2D eigenvalue weighted by molar-refractivity contribution is -0.122. The van der Waals surface area contributed by atoms with Crippen LogP contribution in [-0.2, 0) is 11.3 Å². The zero-order valence-electron chi connectivity index (χ0n) is 7.74. The Morgan fingerprint density at radius 2 is 2.33 bits per heavy atom. The molecule has 1 aromatic heterocycles. The third-order valence-corrected chi connectivity index (χ3v) is 1.72. The molecular formula is C9H14N2O. The molecule has 0 aromatic carbocycles. The second-order valence-electron chi connectivity index (χ2n) is 3.34. The number of nitrogens with zero attached hydrogens (tertiary/aromatic N) is 2. The molecule has 1 heterocycles. The molecule has 12 heavy (non-hydrogen) atoms. The third-order valence-electron chi connectivity index (χ3n) is 1.72. The van der Waals surface area contributed by atoms with E-state index in [1.54, 1.807) is 10.9 Å². The first-order chi connectivity index (χ1) is 5.59. The van der Waals surface area contributed by atoms with Crippen molar-refractivity contribution in [1.29, 1.82) is 0 Å². The van der Waals surface area contributed by atoms with Crippen molar-refractivity contribution in [3.63, 3.8) is 0 Å². The van der Waals surface area contributed by atoms with Crippen molar-refractivity contribution in [2.24, 2.45) is 5.92 Å². The normalized spacial score (nSPS) is 10.7. The lowest BCUT2D eigenvalue weighted by Crippen LogP contribution is -2.15. The Hall–Kier alpha value is -1.12. The van der Waals surface area contributed by atoms with Gasteiger partial charge in [-0.2, -0.15) is 5.10 Å². The highest BCUT2D eigenvalue weighted by atomic mass is 16.1. The number of aryl methyl sites for hydroxylation is 1. The van der Waals surface area contributed by atoms with Crippen LogP contribution in [0.15, 0.2) is 12.4 Å². The molecule has 0 fully saturated rings. The van der Waals surface area contributed by atoms with Crippen molar-refractivity contribution < 1.29 is 4.79 Å². The molecule has 66 valence electrons. The molecule has 0 amide bonds. The lowest BCUT2D eigenvalue weighted by Gasteiger charge is -2.02. The van der Waals surface area contributed by atoms with Gasteiger partial charge in [0, 0.05) is 12.1 Å². The van der Waals surface area contributed by atoms with Crippen LogP contribution in [-0.4, -0.2) is 15.6 Å². The Kier molecular flexibility index (Phi) is 2.63. The fraction of sp³-hybridized carbons (Fsp3) is 0.556. The molecule has 0 spiro atoms. The first-order valence-electron chi connectivity index (χ1n) is 4.11. The minimum absolute atomic E-state index is 0.0921. The quantitative estimate of drug-likeness (QED) is 0.680. The summed E-state index contributed by atoms with van der Waals surface area (Å²) in [5.41, 5.74) is 1.09. The monoisotopic (exact) mass is 166 g/mol. The van der Waals surface area contributed by atoms with Crippen LogP contribution in [0.5, 0.6) is 0 Å². The van der Waals surface area contributed by atoms with Crippen LogP contribution in [0.4, 0.5) is 0 Å². The Labute approximate surface area is 72.4 Å². The summed E-state index contributed by atoms with van der Waals surface area (Å²) < 4.78 is 1.68. The van der Waals surface area contributed by atoms with Crippen molar-refractivity contribution in [2.45, 2.75) is 27.3 Å². The molecule has 0 unspecified atom stereocenters. The van der Waals surface area contributed by atoms with Crippen molar-refractivity contribution in [3.8, 4) is 0 Å². The summed E-state index contributed by atoms with van der Waals surface area (Å²) in [4.78, 5) is 11.3. The summed E-state index contributed by atoms with van der Waals surface area (Å²) in [6, 6.07) is 0. The third kappa shape index (κ3) is 2.19. The number of ketones is 1. The van der Waals surface area contributed by atoms with E-state index in [2.05, 4.69) is 5.10 Å². The molecule has 0 saturated heterocycles. The van der Waals surface area contributed by atoms with Crippen LogP contribution >= 0.6 is 0 Å². The van der Waals surface area contributed by atoms with Crippen LogP contribution in [0.2, 0.25) is 0 Å². The molecule has 1 aromatic rings. The summed E-state index contributed by atoms with van der Waals surface area (Å²) in [7, 11) is 0. The summed E-state index contributed by atoms with van der Waals surface area (Å²) in [5.74, 6) is 0.313. The van der Waals surface area contributed by atoms with Gasteiger partial charge in [0.25, 0.3) is 0 Å². The van der Waals surface area contributed by atoms with E-state index in [9.17, 15) is 4.79 Å². The van der Waals surface area contributed by atoms with Gasteiger partial charge in [0.2, 0.25) is 0 Å². The first kappa shape index (κ1) is 8.97. The van der Waals surface area contributed by atoms with Gasteiger partial charge in [0.05, 0.1) is 12.7 Å². The van der Waals surface area contributed by atoms with Gasteiger partial charge in [0.15, 0.2) is 5.78 Å². The number of Topliss-reactive ketones (excluding diaryl/α,β-unsaturated/α-hetero) is 1. The van der Waals surface area contributed by atoms with E-state index in [1.807, 2.05) is 27.0 Å². The lowest BCUT2D eigenvalue weighted by atomic mass is 10.1. The highest BCUT2D eigenvalue weighted by molar-refractivity contribution is 5.79. The molecule has 0 atom stereocenters. The van der Waals surface area contributed by atoms with E-state index >= 15 is 0 Å². The van der Waals surface area contributed by atoms with E-state index in [4.69, 9.17) is 0 Å². The summed E-state index contributed by atoms with van der Waals surface area (Å²) in [6.45, 7) is 6.16. The summed E-state index contributed by atoms with van der Waals surface area (Å²) >= 11 is 0. The fourth-order valence-corrected chi connectivity index (χ4v) is 0.896. The summed E-state index contributed by atoms with van der Waals surface area (Å²) in [6.07, 6.45) is 3.63. The molecule has 0 radical (unpaired) electrons. The molecule has 0 aliphatic carbocycles. The van der Waals surface area contributed by atoms with Crippen LogP contribution in [0.25, 0.3) is 0 Å². The molecule has 0 saturated carbocycles. The van der Waals surface area contributed by atoms with E-state index in [1.165, 1.54) is 0 Å². The molecular weight excluding hydrogens is 152 g/mol. The van der Waals surface area contributed by atoms with Gasteiger partial charge in [-0.25, -0.2) is 0 Å². The summed E-state index contributed by atoms with van der Waals surface area (Å²) in [5, 5.41) is 4.03. The predicted molar refractivity (Wildman–Crippen MR) is 46.8 cm³/mol. The van der Waals surface area contributed by atoms with Crippen molar-refractivity contribution in [1.82, 2.24) is 9.78 Å². The van der Waals surface area contributed by atoms with Crippen LogP contribution < -0.4 is 0 Å². The zero-order valence-corrected chi connectivity index (χ0v) is 7.74. The topological polar surface area (TPSA) is 34.9 Å². The Morgan fingerprint density at radius 3 is 2.75 bits per heavy atom.